The highest BCUT2D eigenvalue weighted by molar-refractivity contribution is 7.08. The number of carboxylic acids is 1. The van der Waals surface area contributed by atoms with Crippen molar-refractivity contribution >= 4 is 23.2 Å². The van der Waals surface area contributed by atoms with Gasteiger partial charge in [0.05, 0.1) is 12.2 Å². The molecule has 0 fully saturated rings. The zero-order valence-electron chi connectivity index (χ0n) is 9.02. The molecule has 0 saturated heterocycles. The largest absolute Gasteiger partial charge is 0.479 e. The van der Waals surface area contributed by atoms with Crippen LogP contribution in [0.2, 0.25) is 0 Å². The molecule has 1 unspecified atom stereocenters. The Balaban J connectivity index is 2.77. The van der Waals surface area contributed by atoms with Crippen molar-refractivity contribution in [1.82, 2.24) is 5.32 Å². The molecule has 1 aromatic heterocycles. The number of hydrogen-bond acceptors (Lipinski definition) is 4. The Labute approximate surface area is 97.0 Å². The fourth-order valence-corrected chi connectivity index (χ4v) is 1.79. The average Bonchev–Trinajstić information content (AvgIpc) is 2.70. The number of nitrogens with one attached hydrogen (secondary N) is 1. The second kappa shape index (κ2) is 5.09. The van der Waals surface area contributed by atoms with Gasteiger partial charge >= 0.3 is 5.97 Å². The van der Waals surface area contributed by atoms with E-state index < -0.39 is 17.4 Å². The van der Waals surface area contributed by atoms with Gasteiger partial charge < -0.3 is 15.2 Å². The molecule has 0 aliphatic rings. The monoisotopic (exact) mass is 243 g/mol. The summed E-state index contributed by atoms with van der Waals surface area (Å²) in [5, 5.41) is 14.9. The van der Waals surface area contributed by atoms with Gasteiger partial charge in [-0.25, -0.2) is 4.79 Å². The maximum absolute atomic E-state index is 11.7. The van der Waals surface area contributed by atoms with Crippen molar-refractivity contribution in [1.29, 1.82) is 0 Å². The summed E-state index contributed by atoms with van der Waals surface area (Å²) in [6, 6.07) is 1.63. The number of amides is 1. The highest BCUT2D eigenvalue weighted by Gasteiger charge is 2.35. The Kier molecular flexibility index (Phi) is 4.03. The molecule has 0 radical (unpaired) electrons. The van der Waals surface area contributed by atoms with Crippen LogP contribution in [-0.2, 0) is 9.53 Å². The minimum Gasteiger partial charge on any atom is -0.479 e. The molecule has 5 nitrogen and oxygen atoms in total. The quantitative estimate of drug-likeness (QED) is 0.808. The summed E-state index contributed by atoms with van der Waals surface area (Å²) in [5.41, 5.74) is -0.957. The van der Waals surface area contributed by atoms with Crippen LogP contribution < -0.4 is 5.32 Å². The van der Waals surface area contributed by atoms with Gasteiger partial charge in [0.15, 0.2) is 5.54 Å². The van der Waals surface area contributed by atoms with Crippen LogP contribution in [0.4, 0.5) is 0 Å². The molecule has 1 amide bonds. The number of hydrogen-bond donors (Lipinski definition) is 2. The lowest BCUT2D eigenvalue weighted by Crippen LogP contribution is -2.55. The van der Waals surface area contributed by atoms with Gasteiger partial charge in [-0.15, -0.1) is 0 Å². The minimum atomic E-state index is -1.41. The second-order valence-corrected chi connectivity index (χ2v) is 4.32. The molecule has 2 N–H and O–H groups in total. The van der Waals surface area contributed by atoms with Crippen molar-refractivity contribution < 1.29 is 19.4 Å². The van der Waals surface area contributed by atoms with Crippen LogP contribution in [0.15, 0.2) is 16.8 Å². The van der Waals surface area contributed by atoms with E-state index in [2.05, 4.69) is 5.32 Å². The standard InChI is InChI=1S/C10H13NO4S/c1-10(6-15-2,9(13)14)11-8(12)7-3-4-16-5-7/h3-5H,6H2,1-2H3,(H,11,12)(H,13,14). The van der Waals surface area contributed by atoms with Crippen LogP contribution in [0.5, 0.6) is 0 Å². The Morgan fingerprint density at radius 1 is 1.62 bits per heavy atom. The molecule has 0 bridgehead atoms. The van der Waals surface area contributed by atoms with Crippen molar-refractivity contribution in [3.05, 3.63) is 22.4 Å². The van der Waals surface area contributed by atoms with E-state index in [1.807, 2.05) is 0 Å². The van der Waals surface area contributed by atoms with Gasteiger partial charge in [0, 0.05) is 12.5 Å². The van der Waals surface area contributed by atoms with Crippen LogP contribution in [0.1, 0.15) is 17.3 Å². The van der Waals surface area contributed by atoms with E-state index >= 15 is 0 Å². The lowest BCUT2D eigenvalue weighted by molar-refractivity contribution is -0.145. The fourth-order valence-electron chi connectivity index (χ4n) is 1.16. The Hall–Kier alpha value is -1.40. The van der Waals surface area contributed by atoms with Gasteiger partial charge in [-0.1, -0.05) is 0 Å². The van der Waals surface area contributed by atoms with Crippen LogP contribution in [0.25, 0.3) is 0 Å². The van der Waals surface area contributed by atoms with Gasteiger partial charge in [0.25, 0.3) is 5.91 Å². The first-order valence-electron chi connectivity index (χ1n) is 4.56. The molecule has 1 aromatic rings. The molecule has 88 valence electrons. The molecule has 6 heteroatoms. The summed E-state index contributed by atoms with van der Waals surface area (Å²) >= 11 is 1.38. The first-order chi connectivity index (χ1) is 7.49. The third-order valence-corrected chi connectivity index (χ3v) is 2.76. The number of carbonyl (C=O) groups excluding carboxylic acids is 1. The Bertz CT molecular complexity index is 376. The van der Waals surface area contributed by atoms with E-state index in [9.17, 15) is 9.59 Å². The van der Waals surface area contributed by atoms with Crippen molar-refractivity contribution in [2.45, 2.75) is 12.5 Å². The summed E-state index contributed by atoms with van der Waals surface area (Å²) in [7, 11) is 1.39. The molecule has 0 aliphatic heterocycles. The highest BCUT2D eigenvalue weighted by Crippen LogP contribution is 2.10. The zero-order valence-corrected chi connectivity index (χ0v) is 9.84. The number of thiophene rings is 1. The molecule has 16 heavy (non-hydrogen) atoms. The Morgan fingerprint density at radius 3 is 2.75 bits per heavy atom. The van der Waals surface area contributed by atoms with Gasteiger partial charge in [-0.2, -0.15) is 11.3 Å². The summed E-state index contributed by atoms with van der Waals surface area (Å²) in [4.78, 5) is 22.7. The van der Waals surface area contributed by atoms with E-state index in [0.717, 1.165) is 0 Å². The van der Waals surface area contributed by atoms with Crippen LogP contribution in [0.3, 0.4) is 0 Å². The van der Waals surface area contributed by atoms with E-state index in [-0.39, 0.29) is 6.61 Å². The van der Waals surface area contributed by atoms with Gasteiger partial charge in [0.1, 0.15) is 0 Å². The number of carbonyl (C=O) groups is 2. The lowest BCUT2D eigenvalue weighted by Gasteiger charge is -2.24. The number of methoxy groups -OCH3 is 1. The van der Waals surface area contributed by atoms with E-state index in [1.165, 1.54) is 25.4 Å². The van der Waals surface area contributed by atoms with Crippen LogP contribution in [0, 0.1) is 0 Å². The fraction of sp³-hybridized carbons (Fsp3) is 0.400. The van der Waals surface area contributed by atoms with Crippen molar-refractivity contribution in [2.24, 2.45) is 0 Å². The molecule has 0 spiro atoms. The topological polar surface area (TPSA) is 75.6 Å². The predicted octanol–water partition coefficient (Wildman–Crippen LogP) is 0.968. The second-order valence-electron chi connectivity index (χ2n) is 3.54. The maximum atomic E-state index is 11.7. The minimum absolute atomic E-state index is 0.0851. The van der Waals surface area contributed by atoms with Crippen molar-refractivity contribution in [3.63, 3.8) is 0 Å². The zero-order chi connectivity index (χ0) is 12.2. The molecular weight excluding hydrogens is 230 g/mol. The number of aliphatic carboxylic acids is 1. The van der Waals surface area contributed by atoms with E-state index in [1.54, 1.807) is 16.8 Å². The van der Waals surface area contributed by atoms with Crippen molar-refractivity contribution in [2.75, 3.05) is 13.7 Å². The summed E-state index contributed by atoms with van der Waals surface area (Å²) in [6.07, 6.45) is 0. The van der Waals surface area contributed by atoms with Gasteiger partial charge in [-0.3, -0.25) is 4.79 Å². The Morgan fingerprint density at radius 2 is 2.31 bits per heavy atom. The predicted molar refractivity (Wildman–Crippen MR) is 59.7 cm³/mol. The molecule has 1 rings (SSSR count). The summed E-state index contributed by atoms with van der Waals surface area (Å²) in [5.74, 6) is -1.54. The van der Waals surface area contributed by atoms with Crippen LogP contribution in [-0.4, -0.2) is 36.2 Å². The summed E-state index contributed by atoms with van der Waals surface area (Å²) < 4.78 is 4.79. The lowest BCUT2D eigenvalue weighted by atomic mass is 10.0. The summed E-state index contributed by atoms with van der Waals surface area (Å²) in [6.45, 7) is 1.32. The molecule has 0 aliphatic carbocycles. The molecule has 0 aromatic carbocycles. The number of ether oxygens (including phenoxy) is 1. The average molecular weight is 243 g/mol. The first-order valence-corrected chi connectivity index (χ1v) is 5.51. The van der Waals surface area contributed by atoms with Gasteiger partial charge in [-0.05, 0) is 18.4 Å². The first kappa shape index (κ1) is 12.7. The third kappa shape index (κ3) is 2.80. The maximum Gasteiger partial charge on any atom is 0.331 e. The number of rotatable bonds is 5. The van der Waals surface area contributed by atoms with Crippen molar-refractivity contribution in [3.8, 4) is 0 Å². The normalized spacial score (nSPS) is 14.1. The third-order valence-electron chi connectivity index (χ3n) is 2.08. The smallest absolute Gasteiger partial charge is 0.331 e. The van der Waals surface area contributed by atoms with Crippen LogP contribution >= 0.6 is 11.3 Å². The van der Waals surface area contributed by atoms with Gasteiger partial charge in [0.2, 0.25) is 0 Å². The molecule has 0 saturated carbocycles. The van der Waals surface area contributed by atoms with E-state index in [4.69, 9.17) is 9.84 Å². The number of carboxylic acid groups (broad SMARTS) is 1. The molecule has 1 atom stereocenters. The SMILES string of the molecule is COCC(C)(NC(=O)c1ccsc1)C(=O)O. The molecular formula is C10H13NO4S. The van der Waals surface area contributed by atoms with E-state index in [0.29, 0.717) is 5.56 Å². The molecule has 1 heterocycles. The highest BCUT2D eigenvalue weighted by atomic mass is 32.1.